The van der Waals surface area contributed by atoms with E-state index < -0.39 is 39.8 Å². The number of ketones is 1. The summed E-state index contributed by atoms with van der Waals surface area (Å²) in [5.41, 5.74) is -4.08. The fourth-order valence-corrected chi connectivity index (χ4v) is 9.23. The second kappa shape index (κ2) is 6.85. The number of cyclic esters (lactones) is 1. The molecule has 0 aromatic carbocycles. The number of epoxide rings is 1. The zero-order valence-electron chi connectivity index (χ0n) is 21.3. The lowest BCUT2D eigenvalue weighted by atomic mass is 9.41. The lowest BCUT2D eigenvalue weighted by Crippen LogP contribution is -2.73. The molecule has 0 bridgehead atoms. The predicted octanol–water partition coefficient (Wildman–Crippen LogP) is 2.61. The maximum absolute atomic E-state index is 13.3. The number of esters is 1. The van der Waals surface area contributed by atoms with Crippen molar-refractivity contribution in [2.24, 2.45) is 28.6 Å². The molecule has 0 aromatic heterocycles. The third kappa shape index (κ3) is 2.51. The molecule has 4 fully saturated rings. The lowest BCUT2D eigenvalue weighted by molar-refractivity contribution is -0.253. The normalized spacial score (nSPS) is 55.5. The van der Waals surface area contributed by atoms with Crippen LogP contribution in [0.1, 0.15) is 73.1 Å². The number of fused-ring (bicyclic) bond motifs is 8. The van der Waals surface area contributed by atoms with Gasteiger partial charge in [0.1, 0.15) is 17.8 Å². The molecule has 3 N–H and O–H groups in total. The van der Waals surface area contributed by atoms with Crippen LogP contribution >= 0.6 is 0 Å². The van der Waals surface area contributed by atoms with Gasteiger partial charge in [-0.2, -0.15) is 0 Å². The van der Waals surface area contributed by atoms with Gasteiger partial charge in [0.05, 0.1) is 22.7 Å². The number of allylic oxidation sites excluding steroid dienone is 1. The summed E-state index contributed by atoms with van der Waals surface area (Å²) in [5.74, 6) is -1.42. The number of carbonyl (C=O) groups excluding carboxylic acids is 2. The standard InChI is InChI=1S/C28H38O7/c1-14-13-18(34-23(30)15(14)2)16(3)26(31)11-12-27(32)20-17(8-10-24(26,27)4)25(5)19(29)7-6-9-28(25,33)22-21(20)35-22/h6-7,16-18,20-22,31-33H,8-13H2,1-5H3/t16-,17+,18-,20+,21-,22-,24-,25+,26+,27-,28+/m1/s1. The van der Waals surface area contributed by atoms with Crippen LogP contribution in [0.5, 0.6) is 0 Å². The van der Waals surface area contributed by atoms with Gasteiger partial charge in [0.25, 0.3) is 0 Å². The molecule has 7 nitrogen and oxygen atoms in total. The Morgan fingerprint density at radius 2 is 1.77 bits per heavy atom. The average molecular weight is 487 g/mol. The van der Waals surface area contributed by atoms with Crippen molar-refractivity contribution in [3.63, 3.8) is 0 Å². The van der Waals surface area contributed by atoms with Crippen LogP contribution in [-0.4, -0.2) is 62.2 Å². The first-order chi connectivity index (χ1) is 16.3. The summed E-state index contributed by atoms with van der Waals surface area (Å²) in [6, 6.07) is 0. The Hall–Kier alpha value is -1.54. The van der Waals surface area contributed by atoms with Crippen LogP contribution in [-0.2, 0) is 19.1 Å². The van der Waals surface area contributed by atoms with Crippen molar-refractivity contribution in [2.75, 3.05) is 0 Å². The summed E-state index contributed by atoms with van der Waals surface area (Å²) in [4.78, 5) is 25.7. The summed E-state index contributed by atoms with van der Waals surface area (Å²) in [5, 5.41) is 36.5. The third-order valence-electron chi connectivity index (χ3n) is 12.0. The van der Waals surface area contributed by atoms with Crippen molar-refractivity contribution in [2.45, 2.75) is 108 Å². The molecule has 0 aromatic rings. The van der Waals surface area contributed by atoms with E-state index in [4.69, 9.17) is 9.47 Å². The Balaban J connectivity index is 1.38. The number of hydrogen-bond acceptors (Lipinski definition) is 7. The van der Waals surface area contributed by atoms with E-state index in [9.17, 15) is 24.9 Å². The Labute approximate surface area is 206 Å². The quantitative estimate of drug-likeness (QED) is 0.406. The maximum Gasteiger partial charge on any atom is 0.333 e. The molecule has 2 heterocycles. The van der Waals surface area contributed by atoms with E-state index in [0.29, 0.717) is 44.1 Å². The minimum absolute atomic E-state index is 0.101. The van der Waals surface area contributed by atoms with Gasteiger partial charge < -0.3 is 24.8 Å². The summed E-state index contributed by atoms with van der Waals surface area (Å²) < 4.78 is 11.9. The van der Waals surface area contributed by atoms with Crippen molar-refractivity contribution in [3.8, 4) is 0 Å². The number of hydrogen-bond donors (Lipinski definition) is 3. The summed E-state index contributed by atoms with van der Waals surface area (Å²) in [6.45, 7) is 9.45. The number of ether oxygens (including phenoxy) is 2. The highest BCUT2D eigenvalue weighted by molar-refractivity contribution is 5.97. The smallest absolute Gasteiger partial charge is 0.333 e. The fraction of sp³-hybridized carbons (Fsp3) is 0.786. The Morgan fingerprint density at radius 3 is 2.46 bits per heavy atom. The second-order valence-electron chi connectivity index (χ2n) is 12.8. The predicted molar refractivity (Wildman–Crippen MR) is 126 cm³/mol. The fourth-order valence-electron chi connectivity index (χ4n) is 9.23. The highest BCUT2D eigenvalue weighted by Crippen LogP contribution is 2.73. The molecular formula is C28H38O7. The molecule has 192 valence electrons. The number of carbonyl (C=O) groups is 2. The molecule has 7 heteroatoms. The molecule has 35 heavy (non-hydrogen) atoms. The summed E-state index contributed by atoms with van der Waals surface area (Å²) in [7, 11) is 0. The number of rotatable bonds is 2. The first-order valence-electron chi connectivity index (χ1n) is 13.2. The van der Waals surface area contributed by atoms with Gasteiger partial charge in [-0.05, 0) is 64.9 Å². The van der Waals surface area contributed by atoms with E-state index in [1.807, 2.05) is 27.7 Å². The van der Waals surface area contributed by atoms with Gasteiger partial charge in [-0.3, -0.25) is 4.79 Å². The van der Waals surface area contributed by atoms with Gasteiger partial charge >= 0.3 is 5.97 Å². The van der Waals surface area contributed by atoms with Crippen LogP contribution in [0.15, 0.2) is 23.3 Å². The van der Waals surface area contributed by atoms with E-state index in [1.54, 1.807) is 19.1 Å². The van der Waals surface area contributed by atoms with Crippen LogP contribution in [0.4, 0.5) is 0 Å². The second-order valence-corrected chi connectivity index (χ2v) is 12.8. The van der Waals surface area contributed by atoms with Crippen molar-refractivity contribution in [3.05, 3.63) is 23.3 Å². The molecule has 0 radical (unpaired) electrons. The number of aliphatic hydroxyl groups is 3. The summed E-state index contributed by atoms with van der Waals surface area (Å²) >= 11 is 0. The molecular weight excluding hydrogens is 448 g/mol. The largest absolute Gasteiger partial charge is 0.458 e. The van der Waals surface area contributed by atoms with Gasteiger partial charge in [0.15, 0.2) is 5.78 Å². The average Bonchev–Trinajstić information content (AvgIpc) is 3.57. The molecule has 6 aliphatic rings. The zero-order valence-corrected chi connectivity index (χ0v) is 21.3. The van der Waals surface area contributed by atoms with E-state index in [-0.39, 0.29) is 35.6 Å². The van der Waals surface area contributed by atoms with Crippen LogP contribution in [0.2, 0.25) is 0 Å². The molecule has 0 spiro atoms. The summed E-state index contributed by atoms with van der Waals surface area (Å²) in [6.07, 6.45) is 4.85. The topological polar surface area (TPSA) is 117 Å². The van der Waals surface area contributed by atoms with Crippen LogP contribution in [0.25, 0.3) is 0 Å². The van der Waals surface area contributed by atoms with Gasteiger partial charge in [0.2, 0.25) is 0 Å². The molecule has 0 amide bonds. The molecule has 6 rings (SSSR count). The highest BCUT2D eigenvalue weighted by atomic mass is 16.6. The van der Waals surface area contributed by atoms with E-state index >= 15 is 0 Å². The minimum atomic E-state index is -1.27. The van der Waals surface area contributed by atoms with Crippen LogP contribution in [0, 0.1) is 28.6 Å². The molecule has 4 aliphatic carbocycles. The van der Waals surface area contributed by atoms with Crippen molar-refractivity contribution in [1.29, 1.82) is 0 Å². The van der Waals surface area contributed by atoms with Gasteiger partial charge in [-0.1, -0.05) is 25.5 Å². The minimum Gasteiger partial charge on any atom is -0.458 e. The molecule has 3 saturated carbocycles. The first-order valence-corrected chi connectivity index (χ1v) is 13.2. The van der Waals surface area contributed by atoms with Crippen LogP contribution < -0.4 is 0 Å². The van der Waals surface area contributed by atoms with Crippen molar-refractivity contribution >= 4 is 11.8 Å². The zero-order chi connectivity index (χ0) is 25.3. The van der Waals surface area contributed by atoms with Crippen molar-refractivity contribution < 1.29 is 34.4 Å². The Bertz CT molecular complexity index is 1080. The third-order valence-corrected chi connectivity index (χ3v) is 12.0. The lowest BCUT2D eigenvalue weighted by Gasteiger charge is -2.63. The van der Waals surface area contributed by atoms with Gasteiger partial charge in [-0.15, -0.1) is 0 Å². The van der Waals surface area contributed by atoms with E-state index in [0.717, 1.165) is 5.57 Å². The van der Waals surface area contributed by atoms with E-state index in [2.05, 4.69) is 0 Å². The molecule has 11 atom stereocenters. The Morgan fingerprint density at radius 1 is 1.06 bits per heavy atom. The Kier molecular flexibility index (Phi) is 4.67. The van der Waals surface area contributed by atoms with Crippen molar-refractivity contribution in [1.82, 2.24) is 0 Å². The first kappa shape index (κ1) is 23.8. The molecule has 0 unspecified atom stereocenters. The maximum atomic E-state index is 13.3. The molecule has 1 saturated heterocycles. The van der Waals surface area contributed by atoms with Gasteiger partial charge in [0, 0.05) is 29.2 Å². The molecule has 2 aliphatic heterocycles. The monoisotopic (exact) mass is 486 g/mol. The van der Waals surface area contributed by atoms with Gasteiger partial charge in [-0.25, -0.2) is 4.79 Å². The highest BCUT2D eigenvalue weighted by Gasteiger charge is 2.82. The SMILES string of the molecule is CC1=C(C)C(=O)O[C@@H]([C@@H](C)[C@@]2(O)CC[C@@]3(O)[C@@H]4[C@H]5O[C@H]5[C@@]5(O)CC=CC(=O)[C@]5(C)[C@H]4CC[C@@]32C)C1. The van der Waals surface area contributed by atoms with Crippen LogP contribution in [0.3, 0.4) is 0 Å². The van der Waals surface area contributed by atoms with E-state index in [1.165, 1.54) is 0 Å².